The van der Waals surface area contributed by atoms with Crippen LogP contribution in [0.2, 0.25) is 0 Å². The van der Waals surface area contributed by atoms with Gasteiger partial charge in [0.05, 0.1) is 6.61 Å². The van der Waals surface area contributed by atoms with E-state index in [1.54, 1.807) is 18.9 Å². The van der Waals surface area contributed by atoms with Crippen molar-refractivity contribution in [3.63, 3.8) is 0 Å². The average molecular weight is 461 g/mol. The monoisotopic (exact) mass is 460 g/mol. The van der Waals surface area contributed by atoms with Crippen molar-refractivity contribution in [3.05, 3.63) is 144 Å². The lowest BCUT2D eigenvalue weighted by Crippen LogP contribution is -2.02. The summed E-state index contributed by atoms with van der Waals surface area (Å²) in [6.07, 6.45) is 4.08. The number of methoxy groups -OCH3 is 1. The number of benzene rings is 4. The normalized spacial score (nSPS) is 9.39. The molecule has 3 heteroatoms. The molecule has 4 rings (SSSR count). The SMILES string of the molecule is CO.COCc1ccccc1.CSC.c1ccc(C(c2ccccc2)c2ccccc2)cc1. The molecule has 2 nitrogen and oxygen atoms in total. The number of ether oxygens (including phenoxy) is 1. The first kappa shape index (κ1) is 28.2. The molecule has 0 unspecified atom stereocenters. The second kappa shape index (κ2) is 18.7. The summed E-state index contributed by atoms with van der Waals surface area (Å²) in [5, 5.41) is 7.00. The molecule has 4 aromatic rings. The second-order valence-corrected chi connectivity index (χ2v) is 7.81. The fourth-order valence-electron chi connectivity index (χ4n) is 3.25. The molecule has 0 aliphatic heterocycles. The van der Waals surface area contributed by atoms with Gasteiger partial charge in [0.1, 0.15) is 0 Å². The molecule has 1 N–H and O–H groups in total. The van der Waals surface area contributed by atoms with Gasteiger partial charge >= 0.3 is 0 Å². The van der Waals surface area contributed by atoms with Gasteiger partial charge in [-0.05, 0) is 34.8 Å². The summed E-state index contributed by atoms with van der Waals surface area (Å²) < 4.78 is 4.93. The number of hydrogen-bond acceptors (Lipinski definition) is 3. The Morgan fingerprint density at radius 3 is 1.12 bits per heavy atom. The Labute approximate surface area is 204 Å². The maximum absolute atomic E-state index is 7.00. The van der Waals surface area contributed by atoms with Crippen molar-refractivity contribution >= 4 is 11.8 Å². The van der Waals surface area contributed by atoms with Crippen LogP contribution >= 0.6 is 11.8 Å². The summed E-state index contributed by atoms with van der Waals surface area (Å²) in [5.74, 6) is 0.309. The lowest BCUT2D eigenvalue weighted by molar-refractivity contribution is 0.185. The van der Waals surface area contributed by atoms with Crippen LogP contribution in [0.15, 0.2) is 121 Å². The fraction of sp³-hybridized carbons (Fsp3) is 0.200. The van der Waals surface area contributed by atoms with E-state index in [1.165, 1.54) is 22.3 Å². The van der Waals surface area contributed by atoms with Crippen LogP contribution in [-0.2, 0) is 11.3 Å². The predicted octanol–water partition coefficient (Wildman–Crippen LogP) is 7.29. The average Bonchev–Trinajstić information content (AvgIpc) is 2.89. The van der Waals surface area contributed by atoms with Crippen LogP contribution in [0.4, 0.5) is 0 Å². The molecule has 0 aromatic heterocycles. The molecule has 0 fully saturated rings. The Balaban J connectivity index is 0.000000326. The van der Waals surface area contributed by atoms with Crippen molar-refractivity contribution in [3.8, 4) is 0 Å². The standard InChI is InChI=1S/C19H16.C8H10O.C2H6S.CH4O/c1-4-10-16(11-5-1)19(17-12-6-2-7-13-17)18-14-8-3-9-15-18;1-9-7-8-5-3-2-4-6-8;1-3-2;1-2/h1-15,19H;2-6H,7H2,1H3;1-2H3;2H,1H3. The van der Waals surface area contributed by atoms with Gasteiger partial charge in [0, 0.05) is 20.1 Å². The van der Waals surface area contributed by atoms with Crippen LogP contribution in [0.1, 0.15) is 28.2 Å². The van der Waals surface area contributed by atoms with Crippen LogP contribution < -0.4 is 0 Å². The maximum Gasteiger partial charge on any atom is 0.0713 e. The Morgan fingerprint density at radius 2 is 0.848 bits per heavy atom. The zero-order valence-corrected chi connectivity index (χ0v) is 20.9. The van der Waals surface area contributed by atoms with Gasteiger partial charge in [-0.15, -0.1) is 0 Å². The molecule has 0 heterocycles. The number of thioether (sulfide) groups is 1. The molecule has 0 aliphatic carbocycles. The van der Waals surface area contributed by atoms with Crippen LogP contribution in [0.25, 0.3) is 0 Å². The van der Waals surface area contributed by atoms with Gasteiger partial charge < -0.3 is 9.84 Å². The molecule has 0 spiro atoms. The van der Waals surface area contributed by atoms with E-state index in [0.717, 1.165) is 7.11 Å². The van der Waals surface area contributed by atoms with E-state index in [2.05, 4.69) is 91.0 Å². The van der Waals surface area contributed by atoms with Crippen molar-refractivity contribution in [1.29, 1.82) is 0 Å². The van der Waals surface area contributed by atoms with Crippen molar-refractivity contribution in [1.82, 2.24) is 0 Å². The number of aliphatic hydroxyl groups excluding tert-OH is 1. The highest BCUT2D eigenvalue weighted by molar-refractivity contribution is 7.97. The molecule has 0 atom stereocenters. The fourth-order valence-corrected chi connectivity index (χ4v) is 3.25. The molecule has 33 heavy (non-hydrogen) atoms. The minimum absolute atomic E-state index is 0.309. The smallest absolute Gasteiger partial charge is 0.0713 e. The Hall–Kier alpha value is -2.85. The predicted molar refractivity (Wildman–Crippen MR) is 145 cm³/mol. The van der Waals surface area contributed by atoms with Gasteiger partial charge in [-0.2, -0.15) is 11.8 Å². The van der Waals surface area contributed by atoms with E-state index in [1.807, 2.05) is 42.8 Å². The first-order valence-corrected chi connectivity index (χ1v) is 12.5. The van der Waals surface area contributed by atoms with Crippen molar-refractivity contribution in [2.24, 2.45) is 0 Å². The third kappa shape index (κ3) is 11.0. The van der Waals surface area contributed by atoms with Crippen LogP contribution in [0.3, 0.4) is 0 Å². The zero-order chi connectivity index (χ0) is 24.2. The van der Waals surface area contributed by atoms with E-state index < -0.39 is 0 Å². The molecule has 0 radical (unpaired) electrons. The Kier molecular flexibility index (Phi) is 16.0. The van der Waals surface area contributed by atoms with E-state index in [-0.39, 0.29) is 0 Å². The summed E-state index contributed by atoms with van der Waals surface area (Å²) in [6.45, 7) is 0.709. The van der Waals surface area contributed by atoms with Gasteiger partial charge in [0.25, 0.3) is 0 Å². The van der Waals surface area contributed by atoms with Crippen molar-refractivity contribution in [2.75, 3.05) is 26.7 Å². The minimum Gasteiger partial charge on any atom is -0.400 e. The van der Waals surface area contributed by atoms with Crippen molar-refractivity contribution < 1.29 is 9.84 Å². The molecule has 0 saturated carbocycles. The van der Waals surface area contributed by atoms with Gasteiger partial charge in [-0.3, -0.25) is 0 Å². The number of rotatable bonds is 5. The zero-order valence-electron chi connectivity index (χ0n) is 20.1. The quantitative estimate of drug-likeness (QED) is 0.317. The van der Waals surface area contributed by atoms with Crippen LogP contribution in [0, 0.1) is 0 Å². The summed E-state index contributed by atoms with van der Waals surface area (Å²) in [7, 11) is 2.70. The summed E-state index contributed by atoms with van der Waals surface area (Å²) >= 11 is 1.75. The van der Waals surface area contributed by atoms with E-state index in [0.29, 0.717) is 12.5 Å². The van der Waals surface area contributed by atoms with Crippen molar-refractivity contribution in [2.45, 2.75) is 12.5 Å². The second-order valence-electron chi connectivity index (χ2n) is 6.99. The molecule has 4 aromatic carbocycles. The topological polar surface area (TPSA) is 29.5 Å². The van der Waals surface area contributed by atoms with Gasteiger partial charge in [0.15, 0.2) is 0 Å². The molecule has 0 aliphatic rings. The molecule has 174 valence electrons. The minimum atomic E-state index is 0.309. The summed E-state index contributed by atoms with van der Waals surface area (Å²) in [4.78, 5) is 0. The van der Waals surface area contributed by atoms with Gasteiger partial charge in [-0.25, -0.2) is 0 Å². The summed E-state index contributed by atoms with van der Waals surface area (Å²) in [6, 6.07) is 42.1. The lowest BCUT2D eigenvalue weighted by Gasteiger charge is -2.18. The molecule has 0 saturated heterocycles. The first-order chi connectivity index (χ1) is 16.3. The Morgan fingerprint density at radius 1 is 0.576 bits per heavy atom. The number of aliphatic hydroxyl groups is 1. The Bertz CT molecular complexity index is 836. The largest absolute Gasteiger partial charge is 0.400 e. The molecular weight excluding hydrogens is 424 g/mol. The van der Waals surface area contributed by atoms with E-state index in [4.69, 9.17) is 9.84 Å². The van der Waals surface area contributed by atoms with Gasteiger partial charge in [0.2, 0.25) is 0 Å². The summed E-state index contributed by atoms with van der Waals surface area (Å²) in [5.41, 5.74) is 5.22. The van der Waals surface area contributed by atoms with Gasteiger partial charge in [-0.1, -0.05) is 121 Å². The van der Waals surface area contributed by atoms with E-state index in [9.17, 15) is 0 Å². The molecule has 0 amide bonds. The van der Waals surface area contributed by atoms with Crippen LogP contribution in [0.5, 0.6) is 0 Å². The first-order valence-electron chi connectivity index (χ1n) is 10.8. The highest BCUT2D eigenvalue weighted by Crippen LogP contribution is 2.31. The number of hydrogen-bond donors (Lipinski definition) is 1. The third-order valence-corrected chi connectivity index (χ3v) is 4.55. The third-order valence-electron chi connectivity index (χ3n) is 4.55. The molecule has 0 bridgehead atoms. The lowest BCUT2D eigenvalue weighted by atomic mass is 9.85. The molecular formula is C30H36O2S. The van der Waals surface area contributed by atoms with E-state index >= 15 is 0 Å². The highest BCUT2D eigenvalue weighted by atomic mass is 32.2. The van der Waals surface area contributed by atoms with Crippen LogP contribution in [-0.4, -0.2) is 31.8 Å². The maximum atomic E-state index is 7.00. The highest BCUT2D eigenvalue weighted by Gasteiger charge is 2.15.